The first-order valence-electron chi connectivity index (χ1n) is 6.17. The molecule has 3 heteroatoms. The fourth-order valence-electron chi connectivity index (χ4n) is 2.03. The molecule has 1 aliphatic rings. The van der Waals surface area contributed by atoms with Gasteiger partial charge in [-0.2, -0.15) is 0 Å². The predicted molar refractivity (Wildman–Crippen MR) is 65.3 cm³/mol. The molecule has 0 radical (unpaired) electrons. The van der Waals surface area contributed by atoms with E-state index in [-0.39, 0.29) is 11.1 Å². The number of ether oxygens (including phenoxy) is 1. The molecule has 0 saturated carbocycles. The summed E-state index contributed by atoms with van der Waals surface area (Å²) >= 11 is 0. The molecule has 1 saturated heterocycles. The number of amides is 1. The average Bonchev–Trinajstić information content (AvgIpc) is 2.48. The van der Waals surface area contributed by atoms with E-state index >= 15 is 0 Å². The number of hydrogen-bond donors (Lipinski definition) is 0. The van der Waals surface area contributed by atoms with E-state index in [2.05, 4.69) is 34.6 Å². The summed E-state index contributed by atoms with van der Waals surface area (Å²) in [5.41, 5.74) is -0.163. The van der Waals surface area contributed by atoms with Gasteiger partial charge in [0.25, 0.3) is 0 Å². The van der Waals surface area contributed by atoms with Gasteiger partial charge in [-0.1, -0.05) is 0 Å². The first-order chi connectivity index (χ1) is 7.22. The molecule has 1 aliphatic heterocycles. The minimum absolute atomic E-state index is 0.0706. The molecule has 0 atom stereocenters. The third-order valence-corrected chi connectivity index (χ3v) is 3.05. The normalized spacial score (nSPS) is 18.3. The number of rotatable bonds is 4. The number of likely N-dealkylation sites (tertiary alicyclic amines) is 1. The van der Waals surface area contributed by atoms with Gasteiger partial charge in [0.15, 0.2) is 0 Å². The van der Waals surface area contributed by atoms with Gasteiger partial charge >= 0.3 is 0 Å². The maximum Gasteiger partial charge on any atom is 0.223 e. The Morgan fingerprint density at radius 3 is 2.31 bits per heavy atom. The molecular weight excluding hydrogens is 202 g/mol. The molecule has 0 aliphatic carbocycles. The van der Waals surface area contributed by atoms with Gasteiger partial charge in [0.2, 0.25) is 5.91 Å². The third kappa shape index (κ3) is 3.78. The monoisotopic (exact) mass is 227 g/mol. The van der Waals surface area contributed by atoms with Crippen molar-refractivity contribution in [1.29, 1.82) is 0 Å². The van der Waals surface area contributed by atoms with E-state index < -0.39 is 0 Å². The molecule has 0 spiro atoms. The van der Waals surface area contributed by atoms with Gasteiger partial charge < -0.3 is 9.64 Å². The van der Waals surface area contributed by atoms with Crippen molar-refractivity contribution in [2.75, 3.05) is 13.2 Å². The van der Waals surface area contributed by atoms with Crippen LogP contribution in [0.4, 0.5) is 0 Å². The van der Waals surface area contributed by atoms with Crippen LogP contribution in [0.5, 0.6) is 0 Å². The molecule has 1 amide bonds. The first-order valence-corrected chi connectivity index (χ1v) is 6.17. The molecule has 0 unspecified atom stereocenters. The van der Waals surface area contributed by atoms with Gasteiger partial charge in [0.05, 0.1) is 5.60 Å². The highest BCUT2D eigenvalue weighted by Crippen LogP contribution is 2.25. The summed E-state index contributed by atoms with van der Waals surface area (Å²) < 4.78 is 5.72. The topological polar surface area (TPSA) is 29.5 Å². The second-order valence-corrected chi connectivity index (χ2v) is 6.17. The fraction of sp³-hybridized carbons (Fsp3) is 0.923. The lowest BCUT2D eigenvalue weighted by molar-refractivity contribution is -0.133. The van der Waals surface area contributed by atoms with Crippen LogP contribution in [-0.2, 0) is 9.53 Å². The van der Waals surface area contributed by atoms with Crippen molar-refractivity contribution < 1.29 is 9.53 Å². The zero-order chi connectivity index (χ0) is 12.4. The Morgan fingerprint density at radius 2 is 1.88 bits per heavy atom. The highest BCUT2D eigenvalue weighted by molar-refractivity contribution is 5.78. The van der Waals surface area contributed by atoms with Crippen LogP contribution in [0.2, 0.25) is 0 Å². The summed E-state index contributed by atoms with van der Waals surface area (Å²) in [6, 6.07) is 0. The van der Waals surface area contributed by atoms with Crippen LogP contribution < -0.4 is 0 Å². The lowest BCUT2D eigenvalue weighted by atomic mass is 9.99. The van der Waals surface area contributed by atoms with Gasteiger partial charge in [-0.3, -0.25) is 4.79 Å². The number of nitrogens with zero attached hydrogens (tertiary/aromatic N) is 1. The maximum absolute atomic E-state index is 11.7. The van der Waals surface area contributed by atoms with E-state index in [9.17, 15) is 4.79 Å². The van der Waals surface area contributed by atoms with Crippen LogP contribution in [-0.4, -0.2) is 35.1 Å². The van der Waals surface area contributed by atoms with Crippen molar-refractivity contribution in [3.8, 4) is 0 Å². The molecule has 0 N–H and O–H groups in total. The second-order valence-electron chi connectivity index (χ2n) is 6.17. The Bertz CT molecular complexity index is 253. The number of carbonyl (C=O) groups excluding carboxylic acids is 1. The maximum atomic E-state index is 11.7. The summed E-state index contributed by atoms with van der Waals surface area (Å²) in [4.78, 5) is 13.7. The molecule has 1 fully saturated rings. The first kappa shape index (κ1) is 13.5. The molecule has 94 valence electrons. The highest BCUT2D eigenvalue weighted by atomic mass is 16.5. The molecular formula is C13H25NO2. The standard InChI is InChI=1S/C13H25NO2/c1-12(2,3)16-10-8-13(4,5)14-9-6-7-11(14)15/h6-10H2,1-5H3. The highest BCUT2D eigenvalue weighted by Gasteiger charge is 2.33. The summed E-state index contributed by atoms with van der Waals surface area (Å²) in [7, 11) is 0. The van der Waals surface area contributed by atoms with Crippen LogP contribution in [0.15, 0.2) is 0 Å². The van der Waals surface area contributed by atoms with Crippen LogP contribution in [0, 0.1) is 0 Å². The van der Waals surface area contributed by atoms with Crippen LogP contribution in [0.25, 0.3) is 0 Å². The summed E-state index contributed by atoms with van der Waals surface area (Å²) in [6.45, 7) is 12.0. The summed E-state index contributed by atoms with van der Waals surface area (Å²) in [6.07, 6.45) is 2.61. The van der Waals surface area contributed by atoms with Crippen LogP contribution >= 0.6 is 0 Å². The molecule has 3 nitrogen and oxygen atoms in total. The molecule has 0 aromatic heterocycles. The van der Waals surface area contributed by atoms with Crippen molar-refractivity contribution in [2.45, 2.75) is 65.0 Å². The van der Waals surface area contributed by atoms with Crippen molar-refractivity contribution in [3.63, 3.8) is 0 Å². The lowest BCUT2D eigenvalue weighted by Crippen LogP contribution is -2.45. The Morgan fingerprint density at radius 1 is 1.25 bits per heavy atom. The summed E-state index contributed by atoms with van der Waals surface area (Å²) in [5, 5.41) is 0. The molecule has 1 rings (SSSR count). The smallest absolute Gasteiger partial charge is 0.223 e. The Labute approximate surface area is 99.1 Å². The van der Waals surface area contributed by atoms with Gasteiger partial charge in [-0.15, -0.1) is 0 Å². The Hall–Kier alpha value is -0.570. The van der Waals surface area contributed by atoms with E-state index in [1.807, 2.05) is 4.90 Å². The summed E-state index contributed by atoms with van der Waals surface area (Å²) in [5.74, 6) is 0.292. The zero-order valence-corrected chi connectivity index (χ0v) is 11.3. The van der Waals surface area contributed by atoms with Gasteiger partial charge in [-0.25, -0.2) is 0 Å². The largest absolute Gasteiger partial charge is 0.376 e. The van der Waals surface area contributed by atoms with Crippen LogP contribution in [0.3, 0.4) is 0 Å². The van der Waals surface area contributed by atoms with Gasteiger partial charge in [0.1, 0.15) is 0 Å². The van der Waals surface area contributed by atoms with E-state index in [0.717, 1.165) is 19.4 Å². The molecule has 1 heterocycles. The molecule has 0 aromatic carbocycles. The van der Waals surface area contributed by atoms with E-state index in [1.54, 1.807) is 0 Å². The minimum Gasteiger partial charge on any atom is -0.376 e. The Balaban J connectivity index is 2.42. The number of hydrogen-bond acceptors (Lipinski definition) is 2. The average molecular weight is 227 g/mol. The number of carbonyl (C=O) groups is 1. The lowest BCUT2D eigenvalue weighted by Gasteiger charge is -2.36. The second kappa shape index (κ2) is 4.74. The third-order valence-electron chi connectivity index (χ3n) is 3.05. The van der Waals surface area contributed by atoms with Crippen LogP contribution in [0.1, 0.15) is 53.9 Å². The quantitative estimate of drug-likeness (QED) is 0.739. The van der Waals surface area contributed by atoms with Crippen molar-refractivity contribution in [3.05, 3.63) is 0 Å². The van der Waals surface area contributed by atoms with Gasteiger partial charge in [0, 0.05) is 25.1 Å². The van der Waals surface area contributed by atoms with E-state index in [0.29, 0.717) is 18.9 Å². The van der Waals surface area contributed by atoms with Gasteiger partial charge in [-0.05, 0) is 47.5 Å². The van der Waals surface area contributed by atoms with E-state index in [4.69, 9.17) is 4.74 Å². The SMILES string of the molecule is CC(C)(C)OCCC(C)(C)N1CCCC1=O. The predicted octanol–water partition coefficient (Wildman–Crippen LogP) is 2.59. The van der Waals surface area contributed by atoms with E-state index in [1.165, 1.54) is 0 Å². The van der Waals surface area contributed by atoms with Crippen molar-refractivity contribution in [2.24, 2.45) is 0 Å². The fourth-order valence-corrected chi connectivity index (χ4v) is 2.03. The van der Waals surface area contributed by atoms with Crippen molar-refractivity contribution >= 4 is 5.91 Å². The van der Waals surface area contributed by atoms with Crippen molar-refractivity contribution in [1.82, 2.24) is 4.90 Å². The molecule has 0 bridgehead atoms. The Kier molecular flexibility index (Phi) is 4.00. The molecule has 16 heavy (non-hydrogen) atoms. The molecule has 0 aromatic rings. The zero-order valence-electron chi connectivity index (χ0n) is 11.3. The minimum atomic E-state index is -0.0922.